The number of halogens is 3. The van der Waals surface area contributed by atoms with Crippen LogP contribution in [0.4, 0.5) is 18.9 Å². The molecule has 1 saturated heterocycles. The molecule has 0 unspecified atom stereocenters. The summed E-state index contributed by atoms with van der Waals surface area (Å²) in [7, 11) is 1.50. The van der Waals surface area contributed by atoms with E-state index >= 15 is 0 Å². The van der Waals surface area contributed by atoms with Gasteiger partial charge in [0, 0.05) is 50.0 Å². The Morgan fingerprint density at radius 3 is 2.15 bits per heavy atom. The zero-order chi connectivity index (χ0) is 30.1. The maximum absolute atomic E-state index is 12.5. The number of methoxy groups -OCH3 is 1. The molecule has 16 heteroatoms. The predicted octanol–water partition coefficient (Wildman–Crippen LogP) is 1.52. The van der Waals surface area contributed by atoms with E-state index in [2.05, 4.69) is 20.5 Å². The maximum Gasteiger partial charge on any atom is 0.490 e. The topological polar surface area (TPSA) is 175 Å². The van der Waals surface area contributed by atoms with Crippen LogP contribution in [0.15, 0.2) is 35.2 Å². The highest BCUT2D eigenvalue weighted by atomic mass is 19.4. The second-order valence-electron chi connectivity index (χ2n) is 9.32. The van der Waals surface area contributed by atoms with Crippen LogP contribution in [0.1, 0.15) is 13.8 Å². The van der Waals surface area contributed by atoms with E-state index in [-0.39, 0.29) is 6.54 Å². The molecule has 40 heavy (non-hydrogen) atoms. The van der Waals surface area contributed by atoms with Gasteiger partial charge >= 0.3 is 29.9 Å². The first-order valence-corrected chi connectivity index (χ1v) is 11.8. The SMILES string of the molecule is COc1cc(NC(=O)C(=O)NC(C)(C)CN2CCN(CC(=O)O)CC2)ccc1-c1cnco1.O=C(O)C(F)(F)F. The Labute approximate surface area is 226 Å². The van der Waals surface area contributed by atoms with Crippen molar-refractivity contribution in [3.8, 4) is 17.1 Å². The van der Waals surface area contributed by atoms with Crippen LogP contribution in [0.2, 0.25) is 0 Å². The number of ether oxygens (including phenoxy) is 1. The van der Waals surface area contributed by atoms with E-state index in [9.17, 15) is 27.6 Å². The van der Waals surface area contributed by atoms with Crippen molar-refractivity contribution in [2.24, 2.45) is 0 Å². The molecular formula is C24H30F3N5O8. The van der Waals surface area contributed by atoms with Crippen LogP contribution in [-0.4, -0.2) is 107 Å². The van der Waals surface area contributed by atoms with Gasteiger partial charge in [-0.3, -0.25) is 24.2 Å². The first-order chi connectivity index (χ1) is 18.6. The van der Waals surface area contributed by atoms with E-state index in [1.54, 1.807) is 24.4 Å². The largest absolute Gasteiger partial charge is 0.496 e. The quantitative estimate of drug-likeness (QED) is 0.337. The van der Waals surface area contributed by atoms with E-state index in [0.29, 0.717) is 55.5 Å². The maximum atomic E-state index is 12.5. The molecule has 220 valence electrons. The van der Waals surface area contributed by atoms with Gasteiger partial charge in [0.05, 0.1) is 25.4 Å². The fraction of sp³-hybridized carbons (Fsp3) is 0.458. The lowest BCUT2D eigenvalue weighted by Crippen LogP contribution is -2.57. The lowest BCUT2D eigenvalue weighted by Gasteiger charge is -2.38. The summed E-state index contributed by atoms with van der Waals surface area (Å²) in [5.74, 6) is -4.15. The smallest absolute Gasteiger partial charge is 0.490 e. The Morgan fingerprint density at radius 2 is 1.65 bits per heavy atom. The van der Waals surface area contributed by atoms with E-state index in [0.717, 1.165) is 0 Å². The zero-order valence-electron chi connectivity index (χ0n) is 21.9. The standard InChI is InChI=1S/C22H29N5O6.C2HF3O2/c1-22(2,13-27-8-6-26(7-9-27)12-19(28)29)25-21(31)20(30)24-15-4-5-16(17(10-15)32-3)18-11-23-14-33-18;3-2(4,5)1(6)7/h4-5,10-11,14H,6-9,12-13H2,1-3H3,(H,24,30)(H,25,31)(H,28,29);(H,6,7). The van der Waals surface area contributed by atoms with Gasteiger partial charge in [0.2, 0.25) is 0 Å². The second-order valence-corrected chi connectivity index (χ2v) is 9.32. The minimum atomic E-state index is -5.08. The molecule has 0 spiro atoms. The Bertz CT molecular complexity index is 1180. The minimum Gasteiger partial charge on any atom is -0.496 e. The van der Waals surface area contributed by atoms with Crippen LogP contribution in [0.5, 0.6) is 5.75 Å². The number of benzene rings is 1. The number of amides is 2. The van der Waals surface area contributed by atoms with E-state index in [4.69, 9.17) is 24.2 Å². The minimum absolute atomic E-state index is 0.0261. The summed E-state index contributed by atoms with van der Waals surface area (Å²) in [6.07, 6.45) is -2.22. The molecule has 0 atom stereocenters. The van der Waals surface area contributed by atoms with Gasteiger partial charge in [-0.1, -0.05) is 0 Å². The first kappa shape index (κ1) is 32.0. The molecule has 1 fully saturated rings. The lowest BCUT2D eigenvalue weighted by molar-refractivity contribution is -0.192. The van der Waals surface area contributed by atoms with Crippen LogP contribution in [0, 0.1) is 0 Å². The number of rotatable bonds is 8. The highest BCUT2D eigenvalue weighted by molar-refractivity contribution is 6.39. The van der Waals surface area contributed by atoms with Crippen LogP contribution in [0.25, 0.3) is 11.3 Å². The highest BCUT2D eigenvalue weighted by Gasteiger charge is 2.38. The van der Waals surface area contributed by atoms with Crippen LogP contribution < -0.4 is 15.4 Å². The summed E-state index contributed by atoms with van der Waals surface area (Å²) in [4.78, 5) is 52.6. The molecule has 0 bridgehead atoms. The third kappa shape index (κ3) is 10.2. The summed E-state index contributed by atoms with van der Waals surface area (Å²) in [5, 5.41) is 21.4. The van der Waals surface area contributed by atoms with Gasteiger partial charge < -0.3 is 30.0 Å². The van der Waals surface area contributed by atoms with Crippen LogP contribution >= 0.6 is 0 Å². The molecule has 3 rings (SSSR count). The number of nitrogens with zero attached hydrogens (tertiary/aromatic N) is 3. The van der Waals surface area contributed by atoms with Gasteiger partial charge in [-0.2, -0.15) is 13.2 Å². The summed E-state index contributed by atoms with van der Waals surface area (Å²) in [5.41, 5.74) is 0.418. The molecule has 1 aromatic heterocycles. The number of hydrogen-bond donors (Lipinski definition) is 4. The summed E-state index contributed by atoms with van der Waals surface area (Å²) >= 11 is 0. The summed E-state index contributed by atoms with van der Waals surface area (Å²) < 4.78 is 42.4. The number of carboxylic acids is 2. The van der Waals surface area contributed by atoms with E-state index in [1.165, 1.54) is 13.5 Å². The molecule has 0 radical (unpaired) electrons. The Balaban J connectivity index is 0.000000708. The molecule has 0 saturated carbocycles. The number of hydrogen-bond acceptors (Lipinski definition) is 9. The molecule has 4 N–H and O–H groups in total. The summed E-state index contributed by atoms with van der Waals surface area (Å²) in [6.45, 7) is 6.91. The Kier molecular flexibility index (Phi) is 11.0. The number of aromatic nitrogens is 1. The van der Waals surface area contributed by atoms with Crippen molar-refractivity contribution in [3.63, 3.8) is 0 Å². The second kappa shape index (κ2) is 13.7. The van der Waals surface area contributed by atoms with Crippen molar-refractivity contribution in [2.45, 2.75) is 25.6 Å². The van der Waals surface area contributed by atoms with Crippen molar-refractivity contribution < 1.29 is 51.7 Å². The molecule has 13 nitrogen and oxygen atoms in total. The number of aliphatic carboxylic acids is 2. The van der Waals surface area contributed by atoms with Crippen molar-refractivity contribution in [3.05, 3.63) is 30.8 Å². The third-order valence-corrected chi connectivity index (χ3v) is 5.50. The van der Waals surface area contributed by atoms with E-state index in [1.807, 2.05) is 18.7 Å². The number of carboxylic acid groups (broad SMARTS) is 2. The first-order valence-electron chi connectivity index (χ1n) is 11.8. The van der Waals surface area contributed by atoms with Crippen LogP contribution in [-0.2, 0) is 19.2 Å². The number of piperazine rings is 1. The highest BCUT2D eigenvalue weighted by Crippen LogP contribution is 2.32. The molecule has 2 heterocycles. The number of carbonyl (C=O) groups is 4. The van der Waals surface area contributed by atoms with E-state index < -0.39 is 35.5 Å². The molecule has 1 aliphatic rings. The average molecular weight is 574 g/mol. The fourth-order valence-corrected chi connectivity index (χ4v) is 3.77. The number of alkyl halides is 3. The van der Waals surface area contributed by atoms with Crippen molar-refractivity contribution in [1.29, 1.82) is 0 Å². The van der Waals surface area contributed by atoms with Gasteiger partial charge in [-0.05, 0) is 26.0 Å². The molecule has 2 amide bonds. The number of carbonyl (C=O) groups excluding carboxylic acids is 2. The summed E-state index contributed by atoms with van der Waals surface area (Å²) in [6, 6.07) is 4.96. The van der Waals surface area contributed by atoms with Crippen molar-refractivity contribution in [1.82, 2.24) is 20.1 Å². The van der Waals surface area contributed by atoms with Crippen molar-refractivity contribution in [2.75, 3.05) is 51.7 Å². The lowest BCUT2D eigenvalue weighted by atomic mass is 10.0. The Hall–Kier alpha value is -4.18. The molecular weight excluding hydrogens is 543 g/mol. The monoisotopic (exact) mass is 573 g/mol. The van der Waals surface area contributed by atoms with Gasteiger partial charge in [0.15, 0.2) is 12.2 Å². The molecule has 2 aromatic rings. The van der Waals surface area contributed by atoms with Crippen LogP contribution in [0.3, 0.4) is 0 Å². The number of oxazole rings is 1. The number of nitrogens with one attached hydrogen (secondary N) is 2. The van der Waals surface area contributed by atoms with Gasteiger partial charge in [-0.15, -0.1) is 0 Å². The zero-order valence-corrected chi connectivity index (χ0v) is 21.9. The fourth-order valence-electron chi connectivity index (χ4n) is 3.77. The van der Waals surface area contributed by atoms with Crippen molar-refractivity contribution >= 4 is 29.4 Å². The molecule has 0 aliphatic carbocycles. The molecule has 1 aliphatic heterocycles. The molecule has 1 aromatic carbocycles. The predicted molar refractivity (Wildman–Crippen MR) is 134 cm³/mol. The third-order valence-electron chi connectivity index (χ3n) is 5.50. The van der Waals surface area contributed by atoms with Gasteiger partial charge in [0.1, 0.15) is 5.75 Å². The normalized spacial score (nSPS) is 14.4. The average Bonchev–Trinajstić information content (AvgIpc) is 3.39. The Morgan fingerprint density at radius 1 is 1.05 bits per heavy atom. The van der Waals surface area contributed by atoms with Gasteiger partial charge in [-0.25, -0.2) is 9.78 Å². The van der Waals surface area contributed by atoms with Gasteiger partial charge in [0.25, 0.3) is 0 Å². The number of anilines is 1.